The Bertz CT molecular complexity index is 1100. The maximum absolute atomic E-state index is 11.3. The van der Waals surface area contributed by atoms with E-state index in [2.05, 4.69) is 63.1 Å². The molecule has 4 fully saturated rings. The largest absolute Gasteiger partial charge is 0.393 e. The van der Waals surface area contributed by atoms with Crippen LogP contribution in [-0.4, -0.2) is 33.6 Å². The number of aliphatic hydroxyl groups is 3. The molecule has 4 aliphatic carbocycles. The summed E-state index contributed by atoms with van der Waals surface area (Å²) in [4.78, 5) is 1.37. The fourth-order valence-electron chi connectivity index (χ4n) is 8.09. The molecule has 7 atom stereocenters. The molecule has 0 spiro atoms. The fraction of sp³-hybridized carbons (Fsp3) is 0.647. The maximum atomic E-state index is 11.3. The average Bonchev–Trinajstić information content (AvgIpc) is 3.42. The van der Waals surface area contributed by atoms with Gasteiger partial charge in [-0.25, -0.2) is 0 Å². The number of aliphatic hydroxyl groups excluding tert-OH is 3. The molecule has 4 saturated carbocycles. The summed E-state index contributed by atoms with van der Waals surface area (Å²) in [6, 6.07) is 2.35. The number of hydrogen-bond acceptors (Lipinski definition) is 4. The minimum Gasteiger partial charge on any atom is -0.393 e. The highest BCUT2D eigenvalue weighted by molar-refractivity contribution is 7.10. The van der Waals surface area contributed by atoms with Crippen LogP contribution in [0.3, 0.4) is 0 Å². The van der Waals surface area contributed by atoms with E-state index in [9.17, 15) is 15.3 Å². The summed E-state index contributed by atoms with van der Waals surface area (Å²) in [5, 5.41) is 33.9. The van der Waals surface area contributed by atoms with Gasteiger partial charge in [0.2, 0.25) is 0 Å². The van der Waals surface area contributed by atoms with Gasteiger partial charge in [0, 0.05) is 16.7 Å². The van der Waals surface area contributed by atoms with Gasteiger partial charge in [-0.05, 0) is 109 Å². The predicted molar refractivity (Wildman–Crippen MR) is 158 cm³/mol. The van der Waals surface area contributed by atoms with Crippen molar-refractivity contribution in [3.05, 3.63) is 69.5 Å². The first-order valence-electron chi connectivity index (χ1n) is 15.1. The summed E-state index contributed by atoms with van der Waals surface area (Å²) in [5.41, 5.74) is 4.95. The Morgan fingerprint density at radius 2 is 1.95 bits per heavy atom. The fourth-order valence-corrected chi connectivity index (χ4v) is 9.33. The van der Waals surface area contributed by atoms with Gasteiger partial charge in [-0.1, -0.05) is 63.6 Å². The molecule has 0 radical (unpaired) electrons. The van der Waals surface area contributed by atoms with Crippen LogP contribution < -0.4 is 0 Å². The van der Waals surface area contributed by atoms with Gasteiger partial charge < -0.3 is 15.3 Å². The number of fused-ring (bicyclic) bond motifs is 1. The predicted octanol–water partition coefficient (Wildman–Crippen LogP) is 7.43. The van der Waals surface area contributed by atoms with Crippen molar-refractivity contribution in [3.63, 3.8) is 0 Å². The van der Waals surface area contributed by atoms with Crippen molar-refractivity contribution in [2.75, 3.05) is 0 Å². The van der Waals surface area contributed by atoms with Gasteiger partial charge >= 0.3 is 0 Å². The molecule has 3 N–H and O–H groups in total. The highest BCUT2D eigenvalue weighted by Crippen LogP contribution is 2.60. The van der Waals surface area contributed by atoms with Gasteiger partial charge in [0.25, 0.3) is 0 Å². The zero-order chi connectivity index (χ0) is 27.1. The number of allylic oxidation sites excluding steroid dienone is 4. The summed E-state index contributed by atoms with van der Waals surface area (Å²) < 4.78 is 0. The summed E-state index contributed by atoms with van der Waals surface area (Å²) in [6.45, 7) is 11.2. The Labute approximate surface area is 234 Å². The van der Waals surface area contributed by atoms with Crippen molar-refractivity contribution >= 4 is 11.3 Å². The Morgan fingerprint density at radius 3 is 2.68 bits per heavy atom. The van der Waals surface area contributed by atoms with Crippen molar-refractivity contribution in [1.29, 1.82) is 0 Å². The van der Waals surface area contributed by atoms with Crippen molar-refractivity contribution in [3.8, 4) is 0 Å². The van der Waals surface area contributed by atoms with Crippen LogP contribution in [0.1, 0.15) is 95.4 Å². The third-order valence-corrected chi connectivity index (χ3v) is 11.8. The van der Waals surface area contributed by atoms with E-state index >= 15 is 0 Å². The van der Waals surface area contributed by atoms with Crippen LogP contribution in [0.4, 0.5) is 0 Å². The van der Waals surface area contributed by atoms with Crippen molar-refractivity contribution < 1.29 is 15.3 Å². The zero-order valence-electron chi connectivity index (χ0n) is 23.7. The van der Waals surface area contributed by atoms with Crippen LogP contribution >= 0.6 is 11.3 Å². The molecule has 0 aliphatic heterocycles. The van der Waals surface area contributed by atoms with Crippen LogP contribution in [-0.2, 0) is 11.8 Å². The number of aryl methyl sites for hydroxylation is 1. The number of hydrogen-bond donors (Lipinski definition) is 3. The number of rotatable bonds is 8. The summed E-state index contributed by atoms with van der Waals surface area (Å²) in [5.74, 6) is 1.65. The van der Waals surface area contributed by atoms with Crippen LogP contribution in [0.25, 0.3) is 0 Å². The van der Waals surface area contributed by atoms with Crippen LogP contribution in [0.2, 0.25) is 0 Å². The third kappa shape index (κ3) is 5.31. The molecule has 5 rings (SSSR count). The van der Waals surface area contributed by atoms with Gasteiger partial charge in [0.15, 0.2) is 0 Å². The maximum Gasteiger partial charge on any atom is 0.0825 e. The third-order valence-electron chi connectivity index (χ3n) is 10.6. The van der Waals surface area contributed by atoms with Crippen molar-refractivity contribution in [2.24, 2.45) is 23.2 Å². The first-order valence-corrected chi connectivity index (χ1v) is 15.9. The monoisotopic (exact) mass is 536 g/mol. The molecule has 0 unspecified atom stereocenters. The van der Waals surface area contributed by atoms with E-state index in [1.807, 2.05) is 11.3 Å². The minimum atomic E-state index is -0.633. The molecule has 208 valence electrons. The quantitative estimate of drug-likeness (QED) is 0.303. The highest BCUT2D eigenvalue weighted by Gasteiger charge is 2.52. The molecule has 0 amide bonds. The second kappa shape index (κ2) is 11.2. The van der Waals surface area contributed by atoms with Crippen LogP contribution in [0.5, 0.6) is 0 Å². The van der Waals surface area contributed by atoms with Crippen LogP contribution in [0.15, 0.2) is 59.0 Å². The van der Waals surface area contributed by atoms with Crippen molar-refractivity contribution in [2.45, 2.75) is 115 Å². The summed E-state index contributed by atoms with van der Waals surface area (Å²) in [6.07, 6.45) is 18.9. The van der Waals surface area contributed by atoms with E-state index in [-0.39, 0.29) is 10.8 Å². The van der Waals surface area contributed by atoms with Gasteiger partial charge in [0.1, 0.15) is 0 Å². The lowest BCUT2D eigenvalue weighted by molar-refractivity contribution is 0.0862. The van der Waals surface area contributed by atoms with Gasteiger partial charge in [-0.3, -0.25) is 0 Å². The SMILES string of the molecule is C=C1/C(=C\C=C2/CCC[C@]3(C)[C@@H]([C@H](C)/C=C/[C@H](O)C4(c5cc(CCC)cs5)CC4)CC[C@@H]23)C[C@@H](O)C[C@@H]1O. The van der Waals surface area contributed by atoms with Crippen LogP contribution in [0, 0.1) is 23.2 Å². The Kier molecular flexibility index (Phi) is 8.27. The van der Waals surface area contributed by atoms with Crippen molar-refractivity contribution in [1.82, 2.24) is 0 Å². The van der Waals surface area contributed by atoms with Gasteiger partial charge in [-0.15, -0.1) is 11.3 Å². The summed E-state index contributed by atoms with van der Waals surface area (Å²) >= 11 is 1.84. The lowest BCUT2D eigenvalue weighted by Gasteiger charge is -2.44. The topological polar surface area (TPSA) is 60.7 Å². The molecule has 4 heteroatoms. The van der Waals surface area contributed by atoms with E-state index in [0.29, 0.717) is 30.6 Å². The van der Waals surface area contributed by atoms with Gasteiger partial charge in [-0.2, -0.15) is 0 Å². The molecule has 4 aliphatic rings. The molecule has 0 bridgehead atoms. The van der Waals surface area contributed by atoms with E-state index in [1.165, 1.54) is 48.1 Å². The smallest absolute Gasteiger partial charge is 0.0825 e. The lowest BCUT2D eigenvalue weighted by Crippen LogP contribution is -2.35. The van der Waals surface area contributed by atoms with Gasteiger partial charge in [0.05, 0.1) is 18.3 Å². The molecule has 1 aromatic heterocycles. The Balaban J connectivity index is 1.27. The second-order valence-electron chi connectivity index (χ2n) is 13.1. The van der Waals surface area contributed by atoms with E-state index in [1.54, 1.807) is 0 Å². The molecule has 1 aromatic rings. The second-order valence-corrected chi connectivity index (χ2v) is 14.0. The molecule has 1 heterocycles. The summed E-state index contributed by atoms with van der Waals surface area (Å²) in [7, 11) is 0. The zero-order valence-corrected chi connectivity index (χ0v) is 24.5. The normalized spacial score (nSPS) is 36.6. The van der Waals surface area contributed by atoms with E-state index < -0.39 is 18.3 Å². The molecule has 3 nitrogen and oxygen atoms in total. The molecular formula is C34H48O3S. The first-order chi connectivity index (χ1) is 18.2. The Hall–Kier alpha value is -1.46. The lowest BCUT2D eigenvalue weighted by atomic mass is 9.61. The number of thiophene rings is 1. The average molecular weight is 537 g/mol. The Morgan fingerprint density at radius 1 is 1.16 bits per heavy atom. The molecule has 0 saturated heterocycles. The molecular weight excluding hydrogens is 488 g/mol. The molecule has 38 heavy (non-hydrogen) atoms. The standard InChI is InChI=1S/C34H48O3S/c1-5-7-24-18-32(38-21-24)34(16-17-34)31(37)14-9-22(2)28-12-13-29-25(8-6-15-33(28,29)4)10-11-26-19-27(35)20-30(36)23(26)3/h9-11,14,18,21-22,27-31,35-37H,3,5-8,12-13,15-17,19-20H2,1-2,4H3/b14-9+,25-10+,26-11-/t22-,27-,28-,29+,30+,31+,33-/m1/s1. The highest BCUT2D eigenvalue weighted by atomic mass is 32.1. The minimum absolute atomic E-state index is 0.0481. The molecule has 0 aromatic carbocycles. The van der Waals surface area contributed by atoms with E-state index in [0.717, 1.165) is 36.8 Å². The first kappa shape index (κ1) is 28.1. The van der Waals surface area contributed by atoms with E-state index in [4.69, 9.17) is 0 Å².